The summed E-state index contributed by atoms with van der Waals surface area (Å²) in [7, 11) is 0. The summed E-state index contributed by atoms with van der Waals surface area (Å²) in [6.07, 6.45) is 4.33. The highest BCUT2D eigenvalue weighted by molar-refractivity contribution is 5.98. The molecule has 0 radical (unpaired) electrons. The molecular weight excluding hydrogens is 302 g/mol. The van der Waals surface area contributed by atoms with Crippen LogP contribution in [0.2, 0.25) is 0 Å². The molecule has 4 aliphatic heterocycles. The first kappa shape index (κ1) is 15.3. The number of nitrogens with two attached hydrogens (primary N) is 1. The maximum Gasteiger partial charge on any atom is 0.252 e. The van der Waals surface area contributed by atoms with Crippen LogP contribution in [0.25, 0.3) is 0 Å². The summed E-state index contributed by atoms with van der Waals surface area (Å²) >= 11 is 0. The number of para-hydroxylation sites is 1. The van der Waals surface area contributed by atoms with Crippen LogP contribution < -0.4 is 10.5 Å². The van der Waals surface area contributed by atoms with Crippen LogP contribution >= 0.6 is 12.4 Å². The number of primary amides is 1. The highest BCUT2D eigenvalue weighted by atomic mass is 35.5. The van der Waals surface area contributed by atoms with Crippen LogP contribution in [0, 0.1) is 11.8 Å². The van der Waals surface area contributed by atoms with E-state index in [4.69, 9.17) is 10.5 Å². The number of nitrogens with zero attached hydrogens (tertiary/aromatic N) is 2. The topological polar surface area (TPSA) is 67.9 Å². The molecule has 0 spiro atoms. The summed E-state index contributed by atoms with van der Waals surface area (Å²) in [6, 6.07) is 5.34. The molecule has 2 atom stereocenters. The van der Waals surface area contributed by atoms with Gasteiger partial charge in [-0.1, -0.05) is 6.07 Å². The average Bonchev–Trinajstić information content (AvgIpc) is 2.54. The molecule has 4 heterocycles. The zero-order valence-electron chi connectivity index (χ0n) is 12.3. The first-order valence-electron chi connectivity index (χ1n) is 7.58. The Bertz CT molecular complexity index is 611. The molecule has 4 aliphatic rings. The maximum atomic E-state index is 11.6. The van der Waals surface area contributed by atoms with Crippen LogP contribution in [0.3, 0.4) is 0 Å². The molecule has 3 saturated heterocycles. The Labute approximate surface area is 135 Å². The van der Waals surface area contributed by atoms with Crippen LogP contribution in [0.4, 0.5) is 5.69 Å². The van der Waals surface area contributed by atoms with Gasteiger partial charge in [-0.25, -0.2) is 0 Å². The third-order valence-electron chi connectivity index (χ3n) is 5.00. The molecule has 0 saturated carbocycles. The number of amides is 1. The van der Waals surface area contributed by atoms with Crippen molar-refractivity contribution in [1.29, 1.82) is 0 Å². The van der Waals surface area contributed by atoms with Gasteiger partial charge < -0.3 is 15.4 Å². The fraction of sp³-hybridized carbons (Fsp3) is 0.500. The van der Waals surface area contributed by atoms with Crippen molar-refractivity contribution in [2.24, 2.45) is 22.6 Å². The third kappa shape index (κ3) is 2.48. The summed E-state index contributed by atoms with van der Waals surface area (Å²) in [5, 5.41) is 0. The number of carbonyl (C=O) groups excluding carboxylic acids is 1. The lowest BCUT2D eigenvalue weighted by molar-refractivity contribution is 0.00884. The molecule has 22 heavy (non-hydrogen) atoms. The van der Waals surface area contributed by atoms with E-state index >= 15 is 0 Å². The standard InChI is InChI=1S/C16H19N3O2.ClH/c17-16(20)11-2-1-3-13-15(11)21-14(8-18-13)12-9-19-6-4-10(12)5-7-19;/h1-3,8,10,12,14H,4-7,9H2,(H2,17,20);1H. The SMILES string of the molecule is Cl.NC(=O)c1cccc2c1OC(C1CN3CCC1CC3)C=N2. The van der Waals surface area contributed by atoms with Crippen molar-refractivity contribution in [3.05, 3.63) is 23.8 Å². The van der Waals surface area contributed by atoms with Crippen LogP contribution in [-0.2, 0) is 0 Å². The number of halogens is 1. The van der Waals surface area contributed by atoms with E-state index in [1.165, 1.54) is 25.9 Å². The van der Waals surface area contributed by atoms with E-state index in [0.29, 0.717) is 28.8 Å². The predicted octanol–water partition coefficient (Wildman–Crippen LogP) is 2.01. The van der Waals surface area contributed by atoms with Crippen molar-refractivity contribution in [2.75, 3.05) is 19.6 Å². The molecule has 118 valence electrons. The number of hydrogen-bond acceptors (Lipinski definition) is 4. The lowest BCUT2D eigenvalue weighted by Crippen LogP contribution is -2.53. The summed E-state index contributed by atoms with van der Waals surface area (Å²) in [5.74, 6) is 1.25. The Kier molecular flexibility index (Phi) is 4.10. The summed E-state index contributed by atoms with van der Waals surface area (Å²) < 4.78 is 6.14. The smallest absolute Gasteiger partial charge is 0.252 e. The van der Waals surface area contributed by atoms with Gasteiger partial charge in [0, 0.05) is 18.7 Å². The van der Waals surface area contributed by atoms with Crippen LogP contribution in [0.15, 0.2) is 23.2 Å². The molecule has 1 aromatic carbocycles. The molecule has 0 aromatic heterocycles. The minimum atomic E-state index is -0.461. The van der Waals surface area contributed by atoms with Gasteiger partial charge in [0.15, 0.2) is 5.75 Å². The second kappa shape index (κ2) is 5.89. The van der Waals surface area contributed by atoms with E-state index < -0.39 is 5.91 Å². The lowest BCUT2D eigenvalue weighted by Gasteiger charge is -2.47. The van der Waals surface area contributed by atoms with Crippen LogP contribution in [-0.4, -0.2) is 42.8 Å². The highest BCUT2D eigenvalue weighted by Crippen LogP contribution is 2.40. The fourth-order valence-electron chi connectivity index (χ4n) is 3.85. The number of benzene rings is 1. The van der Waals surface area contributed by atoms with Gasteiger partial charge in [-0.15, -0.1) is 12.4 Å². The Morgan fingerprint density at radius 2 is 2.09 bits per heavy atom. The van der Waals surface area contributed by atoms with Gasteiger partial charge in [0.1, 0.15) is 11.8 Å². The van der Waals surface area contributed by atoms with Crippen molar-refractivity contribution >= 4 is 30.2 Å². The molecule has 5 nitrogen and oxygen atoms in total. The van der Waals surface area contributed by atoms with Gasteiger partial charge in [0.2, 0.25) is 0 Å². The van der Waals surface area contributed by atoms with Gasteiger partial charge in [-0.3, -0.25) is 9.79 Å². The van der Waals surface area contributed by atoms with Crippen molar-refractivity contribution in [3.63, 3.8) is 0 Å². The number of piperidine rings is 3. The molecule has 5 rings (SSSR count). The Hall–Kier alpha value is -1.59. The van der Waals surface area contributed by atoms with E-state index in [2.05, 4.69) is 9.89 Å². The maximum absolute atomic E-state index is 11.6. The number of rotatable bonds is 2. The van der Waals surface area contributed by atoms with Crippen molar-refractivity contribution in [1.82, 2.24) is 4.90 Å². The normalized spacial score (nSPS) is 31.8. The average molecular weight is 322 g/mol. The Balaban J connectivity index is 0.00000144. The largest absolute Gasteiger partial charge is 0.481 e. The fourth-order valence-corrected chi connectivity index (χ4v) is 3.85. The van der Waals surface area contributed by atoms with E-state index in [1.54, 1.807) is 12.1 Å². The third-order valence-corrected chi connectivity index (χ3v) is 5.00. The lowest BCUT2D eigenvalue weighted by atomic mass is 9.76. The number of carbonyl (C=O) groups is 1. The summed E-state index contributed by atoms with van der Waals surface area (Å²) in [6.45, 7) is 3.47. The molecule has 2 bridgehead atoms. The zero-order chi connectivity index (χ0) is 14.4. The van der Waals surface area contributed by atoms with Gasteiger partial charge in [-0.05, 0) is 44.0 Å². The van der Waals surface area contributed by atoms with E-state index in [9.17, 15) is 4.79 Å². The number of hydrogen-bond donors (Lipinski definition) is 1. The van der Waals surface area contributed by atoms with E-state index in [-0.39, 0.29) is 18.5 Å². The Morgan fingerprint density at radius 3 is 2.73 bits per heavy atom. The van der Waals surface area contributed by atoms with Gasteiger partial charge in [0.05, 0.1) is 5.56 Å². The Morgan fingerprint density at radius 1 is 1.32 bits per heavy atom. The number of aliphatic imine (C=N–C) groups is 1. The number of ether oxygens (including phenoxy) is 1. The molecule has 1 amide bonds. The molecule has 2 unspecified atom stereocenters. The van der Waals surface area contributed by atoms with Crippen molar-refractivity contribution < 1.29 is 9.53 Å². The van der Waals surface area contributed by atoms with Gasteiger partial charge in [-0.2, -0.15) is 0 Å². The molecule has 2 N–H and O–H groups in total. The second-order valence-corrected chi connectivity index (χ2v) is 6.18. The van der Waals surface area contributed by atoms with Crippen LogP contribution in [0.1, 0.15) is 23.2 Å². The predicted molar refractivity (Wildman–Crippen MR) is 87.4 cm³/mol. The summed E-state index contributed by atoms with van der Waals surface area (Å²) in [5.41, 5.74) is 6.57. The second-order valence-electron chi connectivity index (χ2n) is 6.18. The molecule has 6 heteroatoms. The minimum absolute atomic E-state index is 0. The monoisotopic (exact) mass is 321 g/mol. The quantitative estimate of drug-likeness (QED) is 0.906. The van der Waals surface area contributed by atoms with Gasteiger partial charge >= 0.3 is 0 Å². The van der Waals surface area contributed by atoms with Crippen molar-refractivity contribution in [3.8, 4) is 5.75 Å². The van der Waals surface area contributed by atoms with E-state index in [1.807, 2.05) is 12.3 Å². The molecule has 3 fully saturated rings. The molecule has 0 aliphatic carbocycles. The highest BCUT2D eigenvalue weighted by Gasteiger charge is 2.40. The first-order chi connectivity index (χ1) is 10.2. The molecule has 1 aromatic rings. The van der Waals surface area contributed by atoms with Gasteiger partial charge in [0.25, 0.3) is 5.91 Å². The van der Waals surface area contributed by atoms with Crippen molar-refractivity contribution in [2.45, 2.75) is 18.9 Å². The number of fused-ring (bicyclic) bond motifs is 4. The van der Waals surface area contributed by atoms with E-state index in [0.717, 1.165) is 6.54 Å². The van der Waals surface area contributed by atoms with Crippen LogP contribution in [0.5, 0.6) is 5.75 Å². The minimum Gasteiger partial charge on any atom is -0.481 e. The first-order valence-corrected chi connectivity index (χ1v) is 7.58. The summed E-state index contributed by atoms with van der Waals surface area (Å²) in [4.78, 5) is 18.6. The zero-order valence-corrected chi connectivity index (χ0v) is 13.1. The molecular formula is C16H20ClN3O2.